The van der Waals surface area contributed by atoms with Crippen LogP contribution in [-0.2, 0) is 0 Å². The SMILES string of the molecule is CC1CCCN1CCCN1CCCN(CCCN2CCCC2C)C1=C(C#N)C#N. The van der Waals surface area contributed by atoms with Crippen molar-refractivity contribution in [3.05, 3.63) is 11.4 Å². The number of nitrogens with zero attached hydrogens (tertiary/aromatic N) is 6. The molecule has 0 spiro atoms. The fourth-order valence-corrected chi connectivity index (χ4v) is 5.32. The molecular weight excluding hydrogens is 360 g/mol. The zero-order valence-corrected chi connectivity index (χ0v) is 18.4. The van der Waals surface area contributed by atoms with Crippen LogP contribution in [0.3, 0.4) is 0 Å². The maximum atomic E-state index is 9.58. The van der Waals surface area contributed by atoms with Gasteiger partial charge in [0.25, 0.3) is 0 Å². The maximum Gasteiger partial charge on any atom is 0.169 e. The molecule has 0 N–H and O–H groups in total. The summed E-state index contributed by atoms with van der Waals surface area (Å²) in [6.45, 7) is 13.1. The van der Waals surface area contributed by atoms with Crippen molar-refractivity contribution in [3.8, 4) is 12.1 Å². The Hall–Kier alpha value is -1.76. The summed E-state index contributed by atoms with van der Waals surface area (Å²) in [4.78, 5) is 9.78. The van der Waals surface area contributed by atoms with Crippen molar-refractivity contribution in [1.82, 2.24) is 19.6 Å². The fraction of sp³-hybridized carbons (Fsp3) is 0.826. The number of nitriles is 2. The molecule has 6 heteroatoms. The van der Waals surface area contributed by atoms with E-state index in [1.807, 2.05) is 0 Å². The van der Waals surface area contributed by atoms with Crippen LogP contribution in [0, 0.1) is 22.7 Å². The highest BCUT2D eigenvalue weighted by molar-refractivity contribution is 5.39. The van der Waals surface area contributed by atoms with Gasteiger partial charge in [0, 0.05) is 51.4 Å². The van der Waals surface area contributed by atoms with Gasteiger partial charge in [-0.25, -0.2) is 0 Å². The Morgan fingerprint density at radius 3 is 1.62 bits per heavy atom. The highest BCUT2D eigenvalue weighted by Gasteiger charge is 2.27. The standard InChI is InChI=1S/C23H38N6/c1-20-8-3-10-26(20)12-5-14-28-16-7-17-29(23(28)22(18-24)19-25)15-6-13-27-11-4-9-21(27)2/h20-21H,3-17H2,1-2H3. The van der Waals surface area contributed by atoms with Gasteiger partial charge in [-0.2, -0.15) is 10.5 Å². The third-order valence-electron chi connectivity index (χ3n) is 7.03. The Balaban J connectivity index is 1.57. The van der Waals surface area contributed by atoms with E-state index in [9.17, 15) is 10.5 Å². The molecule has 2 atom stereocenters. The summed E-state index contributed by atoms with van der Waals surface area (Å²) in [5, 5.41) is 19.2. The first-order valence-corrected chi connectivity index (χ1v) is 11.7. The second-order valence-electron chi connectivity index (χ2n) is 9.01. The second kappa shape index (κ2) is 10.9. The summed E-state index contributed by atoms with van der Waals surface area (Å²) >= 11 is 0. The molecule has 3 aliphatic heterocycles. The van der Waals surface area contributed by atoms with E-state index in [2.05, 4.69) is 45.6 Å². The molecule has 0 bridgehead atoms. The molecule has 0 aliphatic carbocycles. The molecule has 3 aliphatic rings. The van der Waals surface area contributed by atoms with E-state index >= 15 is 0 Å². The lowest BCUT2D eigenvalue weighted by molar-refractivity contribution is 0.141. The van der Waals surface area contributed by atoms with Gasteiger partial charge in [0.2, 0.25) is 0 Å². The van der Waals surface area contributed by atoms with Crippen molar-refractivity contribution >= 4 is 0 Å². The second-order valence-corrected chi connectivity index (χ2v) is 9.01. The zero-order chi connectivity index (χ0) is 20.6. The molecule has 0 aromatic rings. The molecule has 3 rings (SSSR count). The van der Waals surface area contributed by atoms with Crippen molar-refractivity contribution < 1.29 is 0 Å². The Kier molecular flexibility index (Phi) is 8.21. The molecule has 3 saturated heterocycles. The number of hydrogen-bond acceptors (Lipinski definition) is 6. The lowest BCUT2D eigenvalue weighted by Gasteiger charge is -2.41. The first-order valence-electron chi connectivity index (χ1n) is 11.7. The van der Waals surface area contributed by atoms with Crippen LogP contribution in [0.5, 0.6) is 0 Å². The van der Waals surface area contributed by atoms with Gasteiger partial charge in [0.1, 0.15) is 18.0 Å². The average molecular weight is 399 g/mol. The summed E-state index contributed by atoms with van der Waals surface area (Å²) in [5.74, 6) is 0.894. The van der Waals surface area contributed by atoms with Crippen molar-refractivity contribution in [1.29, 1.82) is 10.5 Å². The number of hydrogen-bond donors (Lipinski definition) is 0. The van der Waals surface area contributed by atoms with Crippen LogP contribution in [-0.4, -0.2) is 84.0 Å². The van der Waals surface area contributed by atoms with Crippen molar-refractivity contribution in [3.63, 3.8) is 0 Å². The summed E-state index contributed by atoms with van der Waals surface area (Å²) in [6.07, 6.45) is 8.54. The lowest BCUT2D eigenvalue weighted by atomic mass is 10.1. The van der Waals surface area contributed by atoms with Gasteiger partial charge in [-0.1, -0.05) is 0 Å². The fourth-order valence-electron chi connectivity index (χ4n) is 5.32. The summed E-state index contributed by atoms with van der Waals surface area (Å²) < 4.78 is 0. The van der Waals surface area contributed by atoms with Crippen LogP contribution in [0.2, 0.25) is 0 Å². The van der Waals surface area contributed by atoms with E-state index in [1.54, 1.807) is 0 Å². The Bertz CT molecular complexity index is 593. The molecule has 3 heterocycles. The van der Waals surface area contributed by atoms with E-state index in [1.165, 1.54) is 38.8 Å². The highest BCUT2D eigenvalue weighted by Crippen LogP contribution is 2.24. The van der Waals surface area contributed by atoms with Gasteiger partial charge in [-0.3, -0.25) is 0 Å². The zero-order valence-electron chi connectivity index (χ0n) is 18.4. The van der Waals surface area contributed by atoms with Crippen molar-refractivity contribution in [2.24, 2.45) is 0 Å². The molecule has 6 nitrogen and oxygen atoms in total. The number of allylic oxidation sites excluding steroid dienone is 1. The van der Waals surface area contributed by atoms with Crippen LogP contribution in [0.25, 0.3) is 0 Å². The molecule has 0 saturated carbocycles. The van der Waals surface area contributed by atoms with E-state index in [-0.39, 0.29) is 5.57 Å². The predicted molar refractivity (Wildman–Crippen MR) is 116 cm³/mol. The van der Waals surface area contributed by atoms with Gasteiger partial charge in [-0.05, 0) is 71.9 Å². The smallest absolute Gasteiger partial charge is 0.169 e. The van der Waals surface area contributed by atoms with Crippen LogP contribution >= 0.6 is 0 Å². The van der Waals surface area contributed by atoms with Crippen LogP contribution in [0.15, 0.2) is 11.4 Å². The quantitative estimate of drug-likeness (QED) is 0.586. The summed E-state index contributed by atoms with van der Waals surface area (Å²) in [6, 6.07) is 5.74. The van der Waals surface area contributed by atoms with Gasteiger partial charge in [0.15, 0.2) is 5.57 Å². The van der Waals surface area contributed by atoms with Crippen molar-refractivity contribution in [2.45, 2.75) is 70.9 Å². The average Bonchev–Trinajstić information content (AvgIpc) is 3.32. The number of rotatable bonds is 8. The van der Waals surface area contributed by atoms with Gasteiger partial charge < -0.3 is 19.6 Å². The molecule has 0 aromatic heterocycles. The molecule has 2 unspecified atom stereocenters. The molecule has 160 valence electrons. The summed E-state index contributed by atoms with van der Waals surface area (Å²) in [5.41, 5.74) is 0.286. The van der Waals surface area contributed by atoms with Crippen LogP contribution < -0.4 is 0 Å². The third kappa shape index (κ3) is 5.65. The molecule has 0 aromatic carbocycles. The van der Waals surface area contributed by atoms with Gasteiger partial charge in [0.05, 0.1) is 0 Å². The van der Waals surface area contributed by atoms with Crippen LogP contribution in [0.1, 0.15) is 58.8 Å². The lowest BCUT2D eigenvalue weighted by Crippen LogP contribution is -2.45. The van der Waals surface area contributed by atoms with E-state index in [0.717, 1.165) is 64.4 Å². The van der Waals surface area contributed by atoms with Crippen molar-refractivity contribution in [2.75, 3.05) is 52.4 Å². The molecule has 29 heavy (non-hydrogen) atoms. The first kappa shape index (κ1) is 21.9. The maximum absolute atomic E-state index is 9.58. The highest BCUT2D eigenvalue weighted by atomic mass is 15.4. The minimum Gasteiger partial charge on any atom is -0.356 e. The first-order chi connectivity index (χ1) is 14.1. The summed E-state index contributed by atoms with van der Waals surface area (Å²) in [7, 11) is 0. The van der Waals surface area contributed by atoms with E-state index in [0.29, 0.717) is 12.1 Å². The minimum atomic E-state index is 0.286. The minimum absolute atomic E-state index is 0.286. The largest absolute Gasteiger partial charge is 0.356 e. The molecule has 0 radical (unpaired) electrons. The van der Waals surface area contributed by atoms with Gasteiger partial charge in [-0.15, -0.1) is 0 Å². The van der Waals surface area contributed by atoms with E-state index < -0.39 is 0 Å². The third-order valence-corrected chi connectivity index (χ3v) is 7.03. The molecule has 3 fully saturated rings. The number of likely N-dealkylation sites (tertiary alicyclic amines) is 2. The van der Waals surface area contributed by atoms with E-state index in [4.69, 9.17) is 0 Å². The Morgan fingerprint density at radius 2 is 1.24 bits per heavy atom. The van der Waals surface area contributed by atoms with Crippen LogP contribution in [0.4, 0.5) is 0 Å². The molecule has 0 amide bonds. The molecular formula is C23H38N6. The normalized spacial score (nSPS) is 26.0. The monoisotopic (exact) mass is 398 g/mol. The van der Waals surface area contributed by atoms with Gasteiger partial charge >= 0.3 is 0 Å². The Morgan fingerprint density at radius 1 is 0.759 bits per heavy atom. The topological polar surface area (TPSA) is 60.5 Å². The Labute approximate surface area is 177 Å². The predicted octanol–water partition coefficient (Wildman–Crippen LogP) is 3.00.